The highest BCUT2D eigenvalue weighted by molar-refractivity contribution is 6.31. The molecular formula is C9H8ClNO2. The summed E-state index contributed by atoms with van der Waals surface area (Å²) in [6.07, 6.45) is 1.44. The number of benzene rings is 1. The summed E-state index contributed by atoms with van der Waals surface area (Å²) in [6, 6.07) is 3.29. The van der Waals surface area contributed by atoms with Crippen LogP contribution in [0.5, 0.6) is 5.75 Å². The van der Waals surface area contributed by atoms with Crippen LogP contribution in [0.15, 0.2) is 17.1 Å². The number of aliphatic imine (C=N–C) groups is 1. The van der Waals surface area contributed by atoms with E-state index in [1.165, 1.54) is 13.2 Å². The minimum atomic E-state index is 0.396. The summed E-state index contributed by atoms with van der Waals surface area (Å²) < 4.78 is 5.00. The van der Waals surface area contributed by atoms with Crippen molar-refractivity contribution in [1.29, 1.82) is 0 Å². The second-order valence-corrected chi connectivity index (χ2v) is 2.88. The number of halogens is 1. The third-order valence-electron chi connectivity index (χ3n) is 1.63. The first-order valence-corrected chi connectivity index (χ1v) is 3.99. The Balaban J connectivity index is 3.32. The molecule has 0 unspecified atom stereocenters. The molecule has 0 spiro atoms. The average molecular weight is 198 g/mol. The Hall–Kier alpha value is -1.31. The minimum Gasteiger partial charge on any atom is -0.494 e. The van der Waals surface area contributed by atoms with Gasteiger partial charge in [0.1, 0.15) is 11.4 Å². The summed E-state index contributed by atoms with van der Waals surface area (Å²) in [7, 11) is 1.51. The van der Waals surface area contributed by atoms with Crippen LogP contribution in [0.1, 0.15) is 5.56 Å². The van der Waals surface area contributed by atoms with Crippen LogP contribution in [0, 0.1) is 6.92 Å². The van der Waals surface area contributed by atoms with Gasteiger partial charge in [-0.2, -0.15) is 4.99 Å². The van der Waals surface area contributed by atoms with Gasteiger partial charge in [-0.05, 0) is 24.6 Å². The van der Waals surface area contributed by atoms with Crippen LogP contribution in [-0.4, -0.2) is 13.2 Å². The second-order valence-electron chi connectivity index (χ2n) is 2.48. The third kappa shape index (κ3) is 2.08. The molecule has 68 valence electrons. The first-order chi connectivity index (χ1) is 6.19. The lowest BCUT2D eigenvalue weighted by molar-refractivity contribution is 0.416. The molecule has 13 heavy (non-hydrogen) atoms. The van der Waals surface area contributed by atoms with Crippen molar-refractivity contribution < 1.29 is 9.53 Å². The van der Waals surface area contributed by atoms with E-state index in [2.05, 4.69) is 4.99 Å². The fourth-order valence-electron chi connectivity index (χ4n) is 0.945. The Morgan fingerprint density at radius 2 is 2.23 bits per heavy atom. The first kappa shape index (κ1) is 9.78. The van der Waals surface area contributed by atoms with Gasteiger partial charge >= 0.3 is 0 Å². The highest BCUT2D eigenvalue weighted by Crippen LogP contribution is 2.32. The Bertz CT molecular complexity index is 370. The Kier molecular flexibility index (Phi) is 3.07. The van der Waals surface area contributed by atoms with Gasteiger partial charge in [0, 0.05) is 5.02 Å². The van der Waals surface area contributed by atoms with Gasteiger partial charge in [0.2, 0.25) is 6.08 Å². The van der Waals surface area contributed by atoms with E-state index in [1.807, 2.05) is 6.92 Å². The summed E-state index contributed by atoms with van der Waals surface area (Å²) >= 11 is 5.83. The van der Waals surface area contributed by atoms with E-state index >= 15 is 0 Å². The minimum absolute atomic E-state index is 0.396. The van der Waals surface area contributed by atoms with Crippen LogP contribution in [-0.2, 0) is 4.79 Å². The number of carbonyl (C=O) groups excluding carboxylic acids is 1. The smallest absolute Gasteiger partial charge is 0.240 e. The van der Waals surface area contributed by atoms with E-state index in [0.29, 0.717) is 16.5 Å². The molecule has 3 nitrogen and oxygen atoms in total. The van der Waals surface area contributed by atoms with Crippen molar-refractivity contribution in [3.05, 3.63) is 22.7 Å². The lowest BCUT2D eigenvalue weighted by Gasteiger charge is -2.05. The maximum atomic E-state index is 10.0. The van der Waals surface area contributed by atoms with Gasteiger partial charge in [-0.25, -0.2) is 4.79 Å². The molecule has 0 fully saturated rings. The van der Waals surface area contributed by atoms with E-state index in [1.54, 1.807) is 12.1 Å². The molecule has 0 saturated carbocycles. The largest absolute Gasteiger partial charge is 0.494 e. The highest BCUT2D eigenvalue weighted by Gasteiger charge is 2.05. The number of nitrogens with zero attached hydrogens (tertiary/aromatic N) is 1. The molecule has 0 radical (unpaired) electrons. The van der Waals surface area contributed by atoms with Gasteiger partial charge in [0.05, 0.1) is 7.11 Å². The van der Waals surface area contributed by atoms with Crippen molar-refractivity contribution >= 4 is 23.4 Å². The first-order valence-electron chi connectivity index (χ1n) is 3.61. The molecule has 0 aliphatic rings. The van der Waals surface area contributed by atoms with Crippen molar-refractivity contribution in [2.24, 2.45) is 4.99 Å². The van der Waals surface area contributed by atoms with E-state index in [-0.39, 0.29) is 0 Å². The van der Waals surface area contributed by atoms with Crippen molar-refractivity contribution in [3.8, 4) is 5.75 Å². The molecule has 0 N–H and O–H groups in total. The molecule has 1 rings (SSSR count). The summed E-state index contributed by atoms with van der Waals surface area (Å²) in [4.78, 5) is 13.5. The topological polar surface area (TPSA) is 38.7 Å². The van der Waals surface area contributed by atoms with Crippen molar-refractivity contribution in [3.63, 3.8) is 0 Å². The van der Waals surface area contributed by atoms with Gasteiger partial charge in [0.25, 0.3) is 0 Å². The maximum Gasteiger partial charge on any atom is 0.240 e. The molecule has 4 heteroatoms. The quantitative estimate of drug-likeness (QED) is 0.540. The second kappa shape index (κ2) is 4.08. The van der Waals surface area contributed by atoms with Gasteiger partial charge in [0.15, 0.2) is 0 Å². The lowest BCUT2D eigenvalue weighted by Crippen LogP contribution is -1.85. The average Bonchev–Trinajstić information content (AvgIpc) is 2.11. The SMILES string of the molecule is COc1cc(C)c(Cl)cc1N=C=O. The van der Waals surface area contributed by atoms with Crippen LogP contribution in [0.3, 0.4) is 0 Å². The van der Waals surface area contributed by atoms with Crippen LogP contribution >= 0.6 is 11.6 Å². The Morgan fingerprint density at radius 1 is 1.54 bits per heavy atom. The van der Waals surface area contributed by atoms with E-state index in [9.17, 15) is 4.79 Å². The maximum absolute atomic E-state index is 10.0. The van der Waals surface area contributed by atoms with Gasteiger partial charge in [-0.3, -0.25) is 0 Å². The zero-order chi connectivity index (χ0) is 9.84. The Morgan fingerprint density at radius 3 is 2.77 bits per heavy atom. The van der Waals surface area contributed by atoms with Crippen molar-refractivity contribution in [2.45, 2.75) is 6.92 Å². The number of rotatable bonds is 2. The zero-order valence-electron chi connectivity index (χ0n) is 7.30. The molecule has 1 aromatic rings. The lowest BCUT2D eigenvalue weighted by atomic mass is 10.2. The number of hydrogen-bond donors (Lipinski definition) is 0. The van der Waals surface area contributed by atoms with Crippen LogP contribution in [0.4, 0.5) is 5.69 Å². The van der Waals surface area contributed by atoms with Gasteiger partial charge < -0.3 is 4.74 Å². The summed E-state index contributed by atoms with van der Waals surface area (Å²) in [6.45, 7) is 1.85. The molecule has 0 heterocycles. The molecule has 0 aliphatic heterocycles. The number of ether oxygens (including phenoxy) is 1. The molecule has 0 atom stereocenters. The number of isocyanates is 1. The molecule has 0 aliphatic carbocycles. The fraction of sp³-hybridized carbons (Fsp3) is 0.222. The number of methoxy groups -OCH3 is 1. The summed E-state index contributed by atoms with van der Waals surface area (Å²) in [5, 5.41) is 0.551. The van der Waals surface area contributed by atoms with Crippen LogP contribution in [0.25, 0.3) is 0 Å². The molecule has 0 aromatic heterocycles. The predicted molar refractivity (Wildman–Crippen MR) is 50.5 cm³/mol. The van der Waals surface area contributed by atoms with E-state index in [4.69, 9.17) is 16.3 Å². The molecule has 0 amide bonds. The Labute approximate surface area is 81.0 Å². The van der Waals surface area contributed by atoms with Gasteiger partial charge in [-0.1, -0.05) is 11.6 Å². The summed E-state index contributed by atoms with van der Waals surface area (Å²) in [5.41, 5.74) is 1.27. The predicted octanol–water partition coefficient (Wildman–Crippen LogP) is 2.62. The molecular weight excluding hydrogens is 190 g/mol. The van der Waals surface area contributed by atoms with Crippen LogP contribution < -0.4 is 4.74 Å². The van der Waals surface area contributed by atoms with Crippen molar-refractivity contribution in [1.82, 2.24) is 0 Å². The van der Waals surface area contributed by atoms with Gasteiger partial charge in [-0.15, -0.1) is 0 Å². The standard InChI is InChI=1S/C9H8ClNO2/c1-6-3-9(13-2)8(11-5-12)4-7(6)10/h3-4H,1-2H3. The molecule has 0 saturated heterocycles. The number of aryl methyl sites for hydroxylation is 1. The molecule has 0 bridgehead atoms. The zero-order valence-corrected chi connectivity index (χ0v) is 8.05. The fourth-order valence-corrected chi connectivity index (χ4v) is 1.10. The number of hydrogen-bond acceptors (Lipinski definition) is 3. The highest BCUT2D eigenvalue weighted by atomic mass is 35.5. The normalized spacial score (nSPS) is 9.15. The monoisotopic (exact) mass is 197 g/mol. The summed E-state index contributed by atoms with van der Waals surface area (Å²) in [5.74, 6) is 0.519. The van der Waals surface area contributed by atoms with E-state index in [0.717, 1.165) is 5.56 Å². The van der Waals surface area contributed by atoms with Crippen molar-refractivity contribution in [2.75, 3.05) is 7.11 Å². The third-order valence-corrected chi connectivity index (χ3v) is 2.03. The molecule has 1 aromatic carbocycles. The van der Waals surface area contributed by atoms with Crippen LogP contribution in [0.2, 0.25) is 5.02 Å². The van der Waals surface area contributed by atoms with E-state index < -0.39 is 0 Å².